The van der Waals surface area contributed by atoms with Crippen LogP contribution in [0.15, 0.2) is 57.2 Å². The van der Waals surface area contributed by atoms with Crippen molar-refractivity contribution in [3.05, 3.63) is 68.9 Å². The van der Waals surface area contributed by atoms with E-state index < -0.39 is 11.2 Å². The number of aromatic nitrogens is 2. The first-order valence-corrected chi connectivity index (χ1v) is 8.71. The van der Waals surface area contributed by atoms with E-state index in [4.69, 9.17) is 9.47 Å². The van der Waals surface area contributed by atoms with Gasteiger partial charge in [0.2, 0.25) is 0 Å². The molecule has 0 bridgehead atoms. The molecule has 0 aliphatic heterocycles. The van der Waals surface area contributed by atoms with Gasteiger partial charge in [-0.15, -0.1) is 4.68 Å². The van der Waals surface area contributed by atoms with Gasteiger partial charge >= 0.3 is 5.69 Å². The molecule has 7 heteroatoms. The van der Waals surface area contributed by atoms with Crippen molar-refractivity contribution in [2.24, 2.45) is 5.10 Å². The highest BCUT2D eigenvalue weighted by Gasteiger charge is 2.09. The molecule has 1 heterocycles. The van der Waals surface area contributed by atoms with Crippen molar-refractivity contribution >= 4 is 17.1 Å². The predicted molar refractivity (Wildman–Crippen MR) is 105 cm³/mol. The molecule has 0 aliphatic rings. The third kappa shape index (κ3) is 4.08. The van der Waals surface area contributed by atoms with Gasteiger partial charge in [-0.3, -0.25) is 4.79 Å². The number of hydrogen-bond acceptors (Lipinski definition) is 5. The summed E-state index contributed by atoms with van der Waals surface area (Å²) in [6.07, 6.45) is 1.45. The molecule has 27 heavy (non-hydrogen) atoms. The number of para-hydroxylation sites is 1. The molecule has 140 valence electrons. The molecule has 1 N–H and O–H groups in total. The number of hydrogen-bond donors (Lipinski definition) is 1. The molecule has 0 saturated carbocycles. The summed E-state index contributed by atoms with van der Waals surface area (Å²) >= 11 is 0. The number of fused-ring (bicyclic) bond motifs is 1. The predicted octanol–water partition coefficient (Wildman–Crippen LogP) is 2.76. The minimum atomic E-state index is -0.597. The number of ether oxygens (including phenoxy) is 2. The first-order valence-electron chi connectivity index (χ1n) is 8.71. The zero-order valence-electron chi connectivity index (χ0n) is 15.4. The normalized spacial score (nSPS) is 11.4. The average molecular weight is 367 g/mol. The van der Waals surface area contributed by atoms with Crippen LogP contribution in [-0.2, 0) is 0 Å². The van der Waals surface area contributed by atoms with Crippen LogP contribution in [0, 0.1) is 0 Å². The molecule has 0 amide bonds. The van der Waals surface area contributed by atoms with Gasteiger partial charge in [-0.25, -0.2) is 4.79 Å². The molecule has 2 aromatic carbocycles. The van der Waals surface area contributed by atoms with Gasteiger partial charge in [0.05, 0.1) is 29.8 Å². The molecule has 3 aromatic rings. The molecule has 0 unspecified atom stereocenters. The Labute approximate surface area is 155 Å². The fourth-order valence-corrected chi connectivity index (χ4v) is 2.61. The lowest BCUT2D eigenvalue weighted by molar-refractivity contribution is 0.224. The van der Waals surface area contributed by atoms with Crippen LogP contribution >= 0.6 is 0 Å². The molecule has 0 fully saturated rings. The monoisotopic (exact) mass is 367 g/mol. The number of nitrogens with zero attached hydrogens (tertiary/aromatic N) is 2. The van der Waals surface area contributed by atoms with Crippen molar-refractivity contribution in [2.75, 3.05) is 6.61 Å². The highest BCUT2D eigenvalue weighted by Crippen LogP contribution is 2.28. The number of nitrogens with one attached hydrogen (secondary N) is 1. The molecular formula is C20H21N3O4. The largest absolute Gasteiger partial charge is 0.490 e. The molecule has 1 aromatic heterocycles. The second-order valence-electron chi connectivity index (χ2n) is 6.14. The quantitative estimate of drug-likeness (QED) is 0.679. The Morgan fingerprint density at radius 1 is 1.15 bits per heavy atom. The standard InChI is InChI=1S/C20H21N3O4/c1-4-26-18-11-14(9-10-17(18)27-13(2)3)12-21-23-19(24)15-7-5-6-8-16(15)22-20(23)25/h5-13H,4H2,1-3H3,(H,22,25). The van der Waals surface area contributed by atoms with Crippen LogP contribution in [0.25, 0.3) is 10.9 Å². The Kier molecular flexibility index (Phi) is 5.40. The Morgan fingerprint density at radius 3 is 2.67 bits per heavy atom. The fourth-order valence-electron chi connectivity index (χ4n) is 2.61. The second kappa shape index (κ2) is 7.90. The molecule has 3 rings (SSSR count). The summed E-state index contributed by atoms with van der Waals surface area (Å²) in [5, 5.41) is 4.45. The highest BCUT2D eigenvalue weighted by molar-refractivity contribution is 5.81. The summed E-state index contributed by atoms with van der Waals surface area (Å²) in [5.74, 6) is 1.21. The van der Waals surface area contributed by atoms with Crippen LogP contribution in [0.2, 0.25) is 0 Å². The lowest BCUT2D eigenvalue weighted by Crippen LogP contribution is -2.32. The summed E-state index contributed by atoms with van der Waals surface area (Å²) in [4.78, 5) is 27.3. The number of H-pyrrole nitrogens is 1. The maximum absolute atomic E-state index is 12.5. The Morgan fingerprint density at radius 2 is 1.93 bits per heavy atom. The molecule has 0 aliphatic carbocycles. The topological polar surface area (TPSA) is 85.7 Å². The molecular weight excluding hydrogens is 346 g/mol. The lowest BCUT2D eigenvalue weighted by atomic mass is 10.2. The smallest absolute Gasteiger partial charge is 0.349 e. The van der Waals surface area contributed by atoms with E-state index in [0.717, 1.165) is 4.68 Å². The van der Waals surface area contributed by atoms with Gasteiger partial charge in [0.1, 0.15) is 0 Å². The van der Waals surface area contributed by atoms with Crippen molar-refractivity contribution in [1.82, 2.24) is 9.66 Å². The van der Waals surface area contributed by atoms with Crippen LogP contribution < -0.4 is 20.7 Å². The van der Waals surface area contributed by atoms with E-state index in [1.165, 1.54) is 6.21 Å². The maximum Gasteiger partial charge on any atom is 0.349 e. The van der Waals surface area contributed by atoms with Crippen molar-refractivity contribution in [1.29, 1.82) is 0 Å². The number of aromatic amines is 1. The first kappa shape index (κ1) is 18.4. The second-order valence-corrected chi connectivity index (χ2v) is 6.14. The van der Waals surface area contributed by atoms with Gasteiger partial charge in [-0.1, -0.05) is 12.1 Å². The van der Waals surface area contributed by atoms with E-state index in [9.17, 15) is 9.59 Å². The van der Waals surface area contributed by atoms with Gasteiger partial charge < -0.3 is 14.5 Å². The van der Waals surface area contributed by atoms with Crippen molar-refractivity contribution in [2.45, 2.75) is 26.9 Å². The highest BCUT2D eigenvalue weighted by atomic mass is 16.5. The maximum atomic E-state index is 12.5. The third-order valence-corrected chi connectivity index (χ3v) is 3.74. The van der Waals surface area contributed by atoms with E-state index >= 15 is 0 Å². The Bertz CT molecular complexity index is 1100. The van der Waals surface area contributed by atoms with Crippen LogP contribution in [0.5, 0.6) is 11.5 Å². The van der Waals surface area contributed by atoms with E-state index in [1.54, 1.807) is 42.5 Å². The van der Waals surface area contributed by atoms with Gasteiger partial charge in [0.15, 0.2) is 11.5 Å². The third-order valence-electron chi connectivity index (χ3n) is 3.74. The first-order chi connectivity index (χ1) is 13.0. The minimum absolute atomic E-state index is 0.0125. The fraction of sp³-hybridized carbons (Fsp3) is 0.250. The van der Waals surface area contributed by atoms with Crippen molar-refractivity contribution in [3.8, 4) is 11.5 Å². The zero-order valence-corrected chi connectivity index (χ0v) is 15.4. The van der Waals surface area contributed by atoms with E-state index in [0.29, 0.717) is 34.6 Å². The van der Waals surface area contributed by atoms with E-state index in [2.05, 4.69) is 10.1 Å². The van der Waals surface area contributed by atoms with Crippen LogP contribution in [0.4, 0.5) is 0 Å². The van der Waals surface area contributed by atoms with Crippen LogP contribution in [-0.4, -0.2) is 28.6 Å². The van der Waals surface area contributed by atoms with Gasteiger partial charge in [0, 0.05) is 0 Å². The summed E-state index contributed by atoms with van der Waals surface area (Å²) in [5.41, 5.74) is 0.0805. The minimum Gasteiger partial charge on any atom is -0.490 e. The van der Waals surface area contributed by atoms with E-state index in [1.807, 2.05) is 20.8 Å². The summed E-state index contributed by atoms with van der Waals surface area (Å²) in [7, 11) is 0. The van der Waals surface area contributed by atoms with Crippen molar-refractivity contribution < 1.29 is 9.47 Å². The summed E-state index contributed by atoms with van der Waals surface area (Å²) in [6, 6.07) is 12.1. The van der Waals surface area contributed by atoms with Gasteiger partial charge in [-0.05, 0) is 56.7 Å². The van der Waals surface area contributed by atoms with Gasteiger partial charge in [0.25, 0.3) is 5.56 Å². The number of benzene rings is 2. The molecule has 7 nitrogen and oxygen atoms in total. The molecule has 0 radical (unpaired) electrons. The molecule has 0 spiro atoms. The average Bonchev–Trinajstić information content (AvgIpc) is 2.63. The van der Waals surface area contributed by atoms with Crippen LogP contribution in [0.1, 0.15) is 26.3 Å². The number of rotatable bonds is 6. The van der Waals surface area contributed by atoms with Crippen LogP contribution in [0.3, 0.4) is 0 Å². The molecule has 0 atom stereocenters. The Balaban J connectivity index is 1.99. The molecule has 0 saturated heterocycles. The summed E-state index contributed by atoms with van der Waals surface area (Å²) in [6.45, 7) is 6.24. The van der Waals surface area contributed by atoms with Gasteiger partial charge in [-0.2, -0.15) is 5.10 Å². The van der Waals surface area contributed by atoms with Crippen molar-refractivity contribution in [3.63, 3.8) is 0 Å². The lowest BCUT2D eigenvalue weighted by Gasteiger charge is -2.14. The van der Waals surface area contributed by atoms with E-state index in [-0.39, 0.29) is 6.10 Å². The Hall–Kier alpha value is -3.35. The SMILES string of the molecule is CCOc1cc(C=Nn2c(=O)[nH]c3ccccc3c2=O)ccc1OC(C)C. The summed E-state index contributed by atoms with van der Waals surface area (Å²) < 4.78 is 12.1. The zero-order chi connectivity index (χ0) is 19.4.